The van der Waals surface area contributed by atoms with Crippen molar-refractivity contribution in [1.82, 2.24) is 0 Å². The Bertz CT molecular complexity index is 333. The monoisotopic (exact) mass is 205 g/mol. The van der Waals surface area contributed by atoms with Crippen LogP contribution in [0.1, 0.15) is 25.3 Å². The molecular formula is C13H19NO. The van der Waals surface area contributed by atoms with Crippen molar-refractivity contribution < 1.29 is 4.74 Å². The van der Waals surface area contributed by atoms with Crippen LogP contribution in [-0.2, 0) is 0 Å². The molecule has 0 fully saturated rings. The number of hydrogen-bond donors (Lipinski definition) is 1. The van der Waals surface area contributed by atoms with Gasteiger partial charge >= 0.3 is 0 Å². The molecule has 2 N–H and O–H groups in total. The summed E-state index contributed by atoms with van der Waals surface area (Å²) in [6.07, 6.45) is 0. The smallest absolute Gasteiger partial charge is 0.123 e. The first kappa shape index (κ1) is 11.8. The predicted octanol–water partition coefficient (Wildman–Crippen LogP) is 2.70. The van der Waals surface area contributed by atoms with E-state index in [4.69, 9.17) is 10.5 Å². The molecular weight excluding hydrogens is 186 g/mol. The second-order valence-electron chi connectivity index (χ2n) is 3.92. The van der Waals surface area contributed by atoms with Gasteiger partial charge in [-0.1, -0.05) is 31.7 Å². The van der Waals surface area contributed by atoms with Gasteiger partial charge in [-0.05, 0) is 36.6 Å². The van der Waals surface area contributed by atoms with E-state index >= 15 is 0 Å². The maximum atomic E-state index is 5.67. The lowest BCUT2D eigenvalue weighted by atomic mass is 10.0. The van der Waals surface area contributed by atoms with Crippen molar-refractivity contribution in [2.75, 3.05) is 13.2 Å². The van der Waals surface area contributed by atoms with E-state index in [1.165, 1.54) is 5.56 Å². The van der Waals surface area contributed by atoms with E-state index in [9.17, 15) is 0 Å². The molecule has 82 valence electrons. The molecule has 1 unspecified atom stereocenters. The van der Waals surface area contributed by atoms with E-state index < -0.39 is 0 Å². The fourth-order valence-corrected chi connectivity index (χ4v) is 1.35. The lowest BCUT2D eigenvalue weighted by Gasteiger charge is -2.15. The second kappa shape index (κ2) is 5.56. The van der Waals surface area contributed by atoms with Crippen molar-refractivity contribution in [3.63, 3.8) is 0 Å². The van der Waals surface area contributed by atoms with Gasteiger partial charge in [0.25, 0.3) is 0 Å². The summed E-state index contributed by atoms with van der Waals surface area (Å²) in [6, 6.07) is 8.02. The van der Waals surface area contributed by atoms with Crippen molar-refractivity contribution in [3.8, 4) is 5.75 Å². The van der Waals surface area contributed by atoms with Crippen molar-refractivity contribution in [2.24, 2.45) is 5.73 Å². The van der Waals surface area contributed by atoms with Gasteiger partial charge in [-0.25, -0.2) is 0 Å². The SMILES string of the molecule is C=C(C)COc1ccccc1C(C)CN. The third-order valence-corrected chi connectivity index (χ3v) is 2.28. The zero-order valence-electron chi connectivity index (χ0n) is 9.49. The van der Waals surface area contributed by atoms with Crippen LogP contribution in [0.15, 0.2) is 36.4 Å². The Hall–Kier alpha value is -1.28. The average Bonchev–Trinajstić information content (AvgIpc) is 2.25. The maximum Gasteiger partial charge on any atom is 0.123 e. The molecule has 0 spiro atoms. The van der Waals surface area contributed by atoms with Crippen LogP contribution in [0.4, 0.5) is 0 Å². The zero-order valence-corrected chi connectivity index (χ0v) is 9.49. The lowest BCUT2D eigenvalue weighted by molar-refractivity contribution is 0.347. The van der Waals surface area contributed by atoms with Crippen LogP contribution >= 0.6 is 0 Å². The third kappa shape index (κ3) is 3.40. The second-order valence-corrected chi connectivity index (χ2v) is 3.92. The van der Waals surface area contributed by atoms with Crippen molar-refractivity contribution in [1.29, 1.82) is 0 Å². The summed E-state index contributed by atoms with van der Waals surface area (Å²) in [7, 11) is 0. The van der Waals surface area contributed by atoms with Crippen LogP contribution in [0.5, 0.6) is 5.75 Å². The van der Waals surface area contributed by atoms with E-state index in [-0.39, 0.29) is 0 Å². The first-order chi connectivity index (χ1) is 7.15. The van der Waals surface area contributed by atoms with E-state index in [2.05, 4.69) is 19.6 Å². The van der Waals surface area contributed by atoms with Crippen LogP contribution in [0, 0.1) is 0 Å². The zero-order chi connectivity index (χ0) is 11.3. The topological polar surface area (TPSA) is 35.2 Å². The van der Waals surface area contributed by atoms with Crippen molar-refractivity contribution in [3.05, 3.63) is 42.0 Å². The number of hydrogen-bond acceptors (Lipinski definition) is 2. The summed E-state index contributed by atoms with van der Waals surface area (Å²) in [5, 5.41) is 0. The maximum absolute atomic E-state index is 5.67. The third-order valence-electron chi connectivity index (χ3n) is 2.28. The fourth-order valence-electron chi connectivity index (χ4n) is 1.35. The minimum absolute atomic E-state index is 0.325. The molecule has 0 saturated carbocycles. The Morgan fingerprint density at radius 2 is 2.13 bits per heavy atom. The summed E-state index contributed by atoms with van der Waals surface area (Å²) in [6.45, 7) is 9.06. The number of ether oxygens (including phenoxy) is 1. The highest BCUT2D eigenvalue weighted by atomic mass is 16.5. The lowest BCUT2D eigenvalue weighted by Crippen LogP contribution is -2.11. The summed E-state index contributed by atoms with van der Waals surface area (Å²) < 4.78 is 5.67. The molecule has 0 aromatic heterocycles. The Morgan fingerprint density at radius 3 is 2.73 bits per heavy atom. The Balaban J connectivity index is 2.81. The molecule has 15 heavy (non-hydrogen) atoms. The first-order valence-corrected chi connectivity index (χ1v) is 5.21. The van der Waals surface area contributed by atoms with E-state index in [1.807, 2.05) is 25.1 Å². The molecule has 0 saturated heterocycles. The number of para-hydroxylation sites is 1. The minimum atomic E-state index is 0.325. The summed E-state index contributed by atoms with van der Waals surface area (Å²) in [4.78, 5) is 0. The summed E-state index contributed by atoms with van der Waals surface area (Å²) in [5.74, 6) is 1.24. The highest BCUT2D eigenvalue weighted by Gasteiger charge is 2.09. The Labute approximate surface area is 91.7 Å². The standard InChI is InChI=1S/C13H19NO/c1-10(2)9-15-13-7-5-4-6-12(13)11(3)8-14/h4-7,11H,1,8-9,14H2,2-3H3. The van der Waals surface area contributed by atoms with Gasteiger partial charge in [0.15, 0.2) is 0 Å². The van der Waals surface area contributed by atoms with Crippen LogP contribution in [0.3, 0.4) is 0 Å². The van der Waals surface area contributed by atoms with Gasteiger partial charge in [0.1, 0.15) is 12.4 Å². The molecule has 1 rings (SSSR count). The van der Waals surface area contributed by atoms with E-state index in [0.717, 1.165) is 11.3 Å². The number of nitrogens with two attached hydrogens (primary N) is 1. The molecule has 1 atom stereocenters. The molecule has 0 heterocycles. The largest absolute Gasteiger partial charge is 0.489 e. The quantitative estimate of drug-likeness (QED) is 0.750. The highest BCUT2D eigenvalue weighted by molar-refractivity contribution is 5.36. The van der Waals surface area contributed by atoms with Crippen LogP contribution in [0.2, 0.25) is 0 Å². The van der Waals surface area contributed by atoms with Crippen molar-refractivity contribution >= 4 is 0 Å². The van der Waals surface area contributed by atoms with Crippen LogP contribution in [0.25, 0.3) is 0 Å². The van der Waals surface area contributed by atoms with Crippen LogP contribution in [-0.4, -0.2) is 13.2 Å². The van der Waals surface area contributed by atoms with E-state index in [0.29, 0.717) is 19.1 Å². The normalized spacial score (nSPS) is 12.2. The average molecular weight is 205 g/mol. The van der Waals surface area contributed by atoms with Crippen LogP contribution < -0.4 is 10.5 Å². The first-order valence-electron chi connectivity index (χ1n) is 5.21. The molecule has 0 aliphatic rings. The molecule has 0 amide bonds. The highest BCUT2D eigenvalue weighted by Crippen LogP contribution is 2.25. The Kier molecular flexibility index (Phi) is 4.37. The predicted molar refractivity (Wildman–Crippen MR) is 64.2 cm³/mol. The number of benzene rings is 1. The van der Waals surface area contributed by atoms with Gasteiger partial charge in [-0.3, -0.25) is 0 Å². The Morgan fingerprint density at radius 1 is 1.47 bits per heavy atom. The molecule has 2 heteroatoms. The van der Waals surface area contributed by atoms with Gasteiger partial charge in [0.05, 0.1) is 0 Å². The summed E-state index contributed by atoms with van der Waals surface area (Å²) in [5.41, 5.74) is 7.84. The van der Waals surface area contributed by atoms with Gasteiger partial charge < -0.3 is 10.5 Å². The summed E-state index contributed by atoms with van der Waals surface area (Å²) >= 11 is 0. The van der Waals surface area contributed by atoms with E-state index in [1.54, 1.807) is 0 Å². The molecule has 0 radical (unpaired) electrons. The molecule has 0 aliphatic carbocycles. The van der Waals surface area contributed by atoms with Gasteiger partial charge in [-0.2, -0.15) is 0 Å². The van der Waals surface area contributed by atoms with Gasteiger partial charge in [0.2, 0.25) is 0 Å². The molecule has 0 aliphatic heterocycles. The fraction of sp³-hybridized carbons (Fsp3) is 0.385. The molecule has 2 nitrogen and oxygen atoms in total. The van der Waals surface area contributed by atoms with Gasteiger partial charge in [-0.15, -0.1) is 0 Å². The van der Waals surface area contributed by atoms with Crippen molar-refractivity contribution in [2.45, 2.75) is 19.8 Å². The molecule has 0 bridgehead atoms. The minimum Gasteiger partial charge on any atom is -0.489 e. The van der Waals surface area contributed by atoms with Gasteiger partial charge in [0, 0.05) is 0 Å². The number of rotatable bonds is 5. The molecule has 1 aromatic rings. The molecule has 1 aromatic carbocycles.